The zero-order valence-corrected chi connectivity index (χ0v) is 14.7. The maximum Gasteiger partial charge on any atom is 0.261 e. The van der Waals surface area contributed by atoms with Crippen molar-refractivity contribution in [2.24, 2.45) is 0 Å². The van der Waals surface area contributed by atoms with Crippen molar-refractivity contribution < 1.29 is 14.4 Å². The molecular weight excluding hydrogens is 348 g/mol. The van der Waals surface area contributed by atoms with Gasteiger partial charge in [0.05, 0.1) is 5.69 Å². The third-order valence-corrected chi connectivity index (χ3v) is 5.13. The fourth-order valence-electron chi connectivity index (χ4n) is 3.24. The number of nitrogens with one attached hydrogen (secondary N) is 1. The van der Waals surface area contributed by atoms with E-state index < -0.39 is 0 Å². The Balaban J connectivity index is 1.47. The Morgan fingerprint density at radius 1 is 1.00 bits per heavy atom. The predicted molar refractivity (Wildman–Crippen MR) is 101 cm³/mol. The van der Waals surface area contributed by atoms with Crippen LogP contribution in [0.3, 0.4) is 0 Å². The van der Waals surface area contributed by atoms with Crippen molar-refractivity contribution in [3.63, 3.8) is 0 Å². The molecule has 3 amide bonds. The molecule has 130 valence electrons. The summed E-state index contributed by atoms with van der Waals surface area (Å²) in [6.07, 6.45) is 0.671. The summed E-state index contributed by atoms with van der Waals surface area (Å²) in [5, 5.41) is 8.14. The average molecular weight is 364 g/mol. The van der Waals surface area contributed by atoms with Crippen LogP contribution in [-0.4, -0.2) is 29.2 Å². The molecule has 1 aliphatic heterocycles. The number of benzene rings is 2. The highest BCUT2D eigenvalue weighted by atomic mass is 32.1. The quantitative estimate of drug-likeness (QED) is 0.698. The summed E-state index contributed by atoms with van der Waals surface area (Å²) >= 11 is 1.51. The summed E-state index contributed by atoms with van der Waals surface area (Å²) in [6.45, 7) is 0.222. The highest BCUT2D eigenvalue weighted by Crippen LogP contribution is 2.30. The molecule has 0 spiro atoms. The minimum absolute atomic E-state index is 0.122. The largest absolute Gasteiger partial charge is 0.325 e. The number of amides is 3. The summed E-state index contributed by atoms with van der Waals surface area (Å²) in [5.41, 5.74) is 1.85. The standard InChI is InChI=1S/C20H16N2O3S/c23-17(21-14-9-11-26-12-14)8-3-10-22-19(24)15-6-1-4-13-5-2-7-16(18(13)15)20(22)25/h1-2,4-7,9,11-12H,3,8,10H2,(H,21,23). The van der Waals surface area contributed by atoms with Gasteiger partial charge in [-0.3, -0.25) is 19.3 Å². The molecule has 1 N–H and O–H groups in total. The van der Waals surface area contributed by atoms with Crippen LogP contribution in [0, 0.1) is 0 Å². The number of carbonyl (C=O) groups is 3. The van der Waals surface area contributed by atoms with Crippen molar-refractivity contribution >= 4 is 45.5 Å². The van der Waals surface area contributed by atoms with Gasteiger partial charge in [-0.25, -0.2) is 0 Å². The highest BCUT2D eigenvalue weighted by molar-refractivity contribution is 7.08. The molecule has 2 aromatic carbocycles. The lowest BCUT2D eigenvalue weighted by atomic mass is 9.94. The van der Waals surface area contributed by atoms with E-state index >= 15 is 0 Å². The lowest BCUT2D eigenvalue weighted by molar-refractivity contribution is -0.116. The van der Waals surface area contributed by atoms with E-state index in [-0.39, 0.29) is 30.7 Å². The summed E-state index contributed by atoms with van der Waals surface area (Å²) in [4.78, 5) is 38.7. The van der Waals surface area contributed by atoms with Gasteiger partial charge in [0, 0.05) is 34.9 Å². The highest BCUT2D eigenvalue weighted by Gasteiger charge is 2.32. The van der Waals surface area contributed by atoms with Crippen LogP contribution < -0.4 is 5.32 Å². The van der Waals surface area contributed by atoms with Crippen LogP contribution in [0.2, 0.25) is 0 Å². The fourth-order valence-corrected chi connectivity index (χ4v) is 3.83. The third kappa shape index (κ3) is 2.88. The first-order chi connectivity index (χ1) is 12.6. The second kappa shape index (κ2) is 6.72. The first-order valence-corrected chi connectivity index (χ1v) is 9.29. The van der Waals surface area contributed by atoms with E-state index in [0.29, 0.717) is 17.5 Å². The molecule has 26 heavy (non-hydrogen) atoms. The third-order valence-electron chi connectivity index (χ3n) is 4.45. The number of anilines is 1. The summed E-state index contributed by atoms with van der Waals surface area (Å²) < 4.78 is 0. The van der Waals surface area contributed by atoms with Crippen LogP contribution in [-0.2, 0) is 4.79 Å². The van der Waals surface area contributed by atoms with E-state index in [9.17, 15) is 14.4 Å². The van der Waals surface area contributed by atoms with Crippen LogP contribution in [0.25, 0.3) is 10.8 Å². The van der Waals surface area contributed by atoms with Gasteiger partial charge in [0.1, 0.15) is 0 Å². The minimum Gasteiger partial charge on any atom is -0.325 e. The zero-order chi connectivity index (χ0) is 18.1. The predicted octanol–water partition coefficient (Wildman–Crippen LogP) is 3.92. The molecule has 1 aliphatic rings. The van der Waals surface area contributed by atoms with E-state index in [1.165, 1.54) is 16.2 Å². The van der Waals surface area contributed by atoms with Gasteiger partial charge in [-0.2, -0.15) is 11.3 Å². The van der Waals surface area contributed by atoms with Crippen LogP contribution >= 0.6 is 11.3 Å². The van der Waals surface area contributed by atoms with Crippen molar-refractivity contribution in [2.75, 3.05) is 11.9 Å². The maximum absolute atomic E-state index is 12.8. The Labute approximate surface area is 154 Å². The lowest BCUT2D eigenvalue weighted by Gasteiger charge is -2.27. The second-order valence-electron chi connectivity index (χ2n) is 6.13. The number of hydrogen-bond acceptors (Lipinski definition) is 4. The van der Waals surface area contributed by atoms with Gasteiger partial charge in [-0.05, 0) is 35.4 Å². The van der Waals surface area contributed by atoms with Gasteiger partial charge in [-0.1, -0.05) is 24.3 Å². The summed E-state index contributed by atoms with van der Waals surface area (Å²) in [7, 11) is 0. The lowest BCUT2D eigenvalue weighted by Crippen LogP contribution is -2.41. The molecule has 3 aromatic rings. The van der Waals surface area contributed by atoms with Crippen molar-refractivity contribution in [3.05, 3.63) is 64.4 Å². The molecule has 0 atom stereocenters. The normalized spacial score (nSPS) is 13.3. The van der Waals surface area contributed by atoms with Crippen LogP contribution in [0.5, 0.6) is 0 Å². The summed E-state index contributed by atoms with van der Waals surface area (Å²) in [6, 6.07) is 12.8. The first-order valence-electron chi connectivity index (χ1n) is 8.35. The van der Waals surface area contributed by atoms with Crippen molar-refractivity contribution in [1.82, 2.24) is 4.90 Å². The monoisotopic (exact) mass is 364 g/mol. The smallest absolute Gasteiger partial charge is 0.261 e. The Morgan fingerprint density at radius 2 is 1.69 bits per heavy atom. The van der Waals surface area contributed by atoms with Gasteiger partial charge in [0.25, 0.3) is 11.8 Å². The van der Waals surface area contributed by atoms with E-state index in [4.69, 9.17) is 0 Å². The molecule has 4 rings (SSSR count). The zero-order valence-electron chi connectivity index (χ0n) is 13.9. The number of imide groups is 1. The molecule has 6 heteroatoms. The van der Waals surface area contributed by atoms with Gasteiger partial charge in [-0.15, -0.1) is 0 Å². The average Bonchev–Trinajstić information content (AvgIpc) is 3.15. The van der Waals surface area contributed by atoms with E-state index in [0.717, 1.165) is 16.5 Å². The van der Waals surface area contributed by atoms with Gasteiger partial charge in [0.15, 0.2) is 0 Å². The number of rotatable bonds is 5. The number of hydrogen-bond donors (Lipinski definition) is 1. The number of carbonyl (C=O) groups excluding carboxylic acids is 3. The Hall–Kier alpha value is -2.99. The molecule has 0 fully saturated rings. The number of nitrogens with zero attached hydrogens (tertiary/aromatic N) is 1. The van der Waals surface area contributed by atoms with Crippen LogP contribution in [0.15, 0.2) is 53.2 Å². The Kier molecular flexibility index (Phi) is 4.26. The number of thiophene rings is 1. The molecule has 0 saturated heterocycles. The molecule has 0 radical (unpaired) electrons. The SMILES string of the molecule is O=C(CCCN1C(=O)c2cccc3cccc(c23)C1=O)Nc1ccsc1. The van der Waals surface area contributed by atoms with E-state index in [1.807, 2.05) is 41.1 Å². The molecule has 2 heterocycles. The molecule has 5 nitrogen and oxygen atoms in total. The van der Waals surface area contributed by atoms with Crippen molar-refractivity contribution in [1.29, 1.82) is 0 Å². The summed E-state index contributed by atoms with van der Waals surface area (Å²) in [5.74, 6) is -0.710. The topological polar surface area (TPSA) is 66.5 Å². The van der Waals surface area contributed by atoms with Gasteiger partial charge < -0.3 is 5.32 Å². The van der Waals surface area contributed by atoms with E-state index in [2.05, 4.69) is 5.32 Å². The van der Waals surface area contributed by atoms with Gasteiger partial charge >= 0.3 is 0 Å². The van der Waals surface area contributed by atoms with E-state index in [1.54, 1.807) is 12.1 Å². The molecule has 0 bridgehead atoms. The molecule has 0 unspecified atom stereocenters. The molecule has 0 aliphatic carbocycles. The van der Waals surface area contributed by atoms with Crippen LogP contribution in [0.4, 0.5) is 5.69 Å². The Bertz CT molecular complexity index is 960. The molecule has 0 saturated carbocycles. The van der Waals surface area contributed by atoms with Gasteiger partial charge in [0.2, 0.25) is 5.91 Å². The first kappa shape index (κ1) is 16.5. The Morgan fingerprint density at radius 3 is 2.31 bits per heavy atom. The van der Waals surface area contributed by atoms with Crippen LogP contribution in [0.1, 0.15) is 33.6 Å². The molecule has 1 aromatic heterocycles. The van der Waals surface area contributed by atoms with Crippen molar-refractivity contribution in [2.45, 2.75) is 12.8 Å². The fraction of sp³-hybridized carbons (Fsp3) is 0.150. The van der Waals surface area contributed by atoms with Crippen molar-refractivity contribution in [3.8, 4) is 0 Å². The maximum atomic E-state index is 12.8. The molecular formula is C20H16N2O3S. The second-order valence-corrected chi connectivity index (χ2v) is 6.91. The minimum atomic E-state index is -0.294.